The zero-order valence-corrected chi connectivity index (χ0v) is 38.6. The summed E-state index contributed by atoms with van der Waals surface area (Å²) in [5.74, 6) is 2.78. The molecule has 1 spiro atoms. The molecule has 3 aliphatic carbocycles. The number of ether oxygens (including phenoxy) is 2. The van der Waals surface area contributed by atoms with Crippen molar-refractivity contribution in [3.05, 3.63) is 305 Å². The minimum atomic E-state index is -0.496. The molecule has 0 unspecified atom stereocenters. The van der Waals surface area contributed by atoms with Crippen molar-refractivity contribution in [3.8, 4) is 67.5 Å². The Kier molecular flexibility index (Phi) is 8.49. The van der Waals surface area contributed by atoms with Gasteiger partial charge in [-0.1, -0.05) is 212 Å². The van der Waals surface area contributed by atoms with Gasteiger partial charge in [0.25, 0.3) is 0 Å². The lowest BCUT2D eigenvalue weighted by Crippen LogP contribution is -2.28. The van der Waals surface area contributed by atoms with Crippen LogP contribution in [0, 0.1) is 0 Å². The number of nitrogens with zero attached hydrogens (tertiary/aromatic N) is 1. The molecule has 0 aromatic heterocycles. The highest BCUT2D eigenvalue weighted by molar-refractivity contribution is 5.98. The minimum Gasteiger partial charge on any atom is -0.449 e. The largest absolute Gasteiger partial charge is 0.449 e. The first-order valence-corrected chi connectivity index (χ1v) is 24.5. The third-order valence-electron chi connectivity index (χ3n) is 15.6. The lowest BCUT2D eigenvalue weighted by molar-refractivity contribution is 0.361. The molecule has 3 heteroatoms. The zero-order chi connectivity index (χ0) is 46.7. The van der Waals surface area contributed by atoms with E-state index in [1.165, 1.54) is 66.8 Å². The standard InChI is InChI=1S/C68H43NO2/c1-4-19-46(20-5-1)67(47-21-6-2-7-22-47)55-29-14-12-27-52(55)54-43-45(37-40-59(54)67)44-35-38-49(39-36-44)69(48-23-8-3-9-24-48)61-33-18-34-62-65(61)71-66-63(70-62)42-41-60-64(66)53-28-13-17-32-58(53)68(60)56-30-15-10-25-50(56)51-26-11-16-31-57(51)68/h1-43H. The number of para-hydroxylation sites is 2. The molecule has 15 rings (SSSR count). The Balaban J connectivity index is 0.846. The van der Waals surface area contributed by atoms with Gasteiger partial charge in [-0.05, 0) is 132 Å². The van der Waals surface area contributed by atoms with Crippen LogP contribution in [0.15, 0.2) is 261 Å². The molecule has 0 saturated carbocycles. The van der Waals surface area contributed by atoms with Gasteiger partial charge >= 0.3 is 0 Å². The fourth-order valence-electron chi connectivity index (χ4n) is 12.8. The van der Waals surface area contributed by atoms with E-state index in [2.05, 4.69) is 260 Å². The van der Waals surface area contributed by atoms with E-state index in [9.17, 15) is 0 Å². The Labute approximate surface area is 413 Å². The quantitative estimate of drug-likeness (QED) is 0.166. The molecule has 71 heavy (non-hydrogen) atoms. The third-order valence-corrected chi connectivity index (χ3v) is 15.6. The second kappa shape index (κ2) is 15.2. The SMILES string of the molecule is c1ccc(N(c2ccc(-c3ccc4c(c3)-c3ccccc3C4(c3ccccc3)c3ccccc3)cc2)c2cccc3c2Oc2c(ccc4c2-c2ccccc2C42c4ccccc4-c4ccccc42)O3)cc1. The summed E-state index contributed by atoms with van der Waals surface area (Å²) in [7, 11) is 0. The number of benzene rings is 11. The Morgan fingerprint density at radius 1 is 0.282 bits per heavy atom. The molecule has 0 radical (unpaired) electrons. The lowest BCUT2D eigenvalue weighted by atomic mass is 9.67. The van der Waals surface area contributed by atoms with Crippen LogP contribution < -0.4 is 14.4 Å². The molecule has 1 heterocycles. The maximum Gasteiger partial charge on any atom is 0.194 e. The average Bonchev–Trinajstić information content (AvgIpc) is 4.04. The van der Waals surface area contributed by atoms with Gasteiger partial charge in [-0.25, -0.2) is 0 Å². The van der Waals surface area contributed by atoms with Crippen molar-refractivity contribution in [1.82, 2.24) is 0 Å². The minimum absolute atomic E-state index is 0.438. The van der Waals surface area contributed by atoms with E-state index >= 15 is 0 Å². The van der Waals surface area contributed by atoms with Crippen molar-refractivity contribution in [1.29, 1.82) is 0 Å². The van der Waals surface area contributed by atoms with Crippen LogP contribution in [0.5, 0.6) is 23.0 Å². The van der Waals surface area contributed by atoms with Crippen LogP contribution in [0.25, 0.3) is 44.5 Å². The molecular formula is C68H43NO2. The first-order valence-electron chi connectivity index (χ1n) is 24.5. The average molecular weight is 906 g/mol. The van der Waals surface area contributed by atoms with Gasteiger partial charge in [0.05, 0.1) is 16.5 Å². The summed E-state index contributed by atoms with van der Waals surface area (Å²) in [6.45, 7) is 0. The monoisotopic (exact) mass is 905 g/mol. The fraction of sp³-hybridized carbons (Fsp3) is 0.0294. The summed E-state index contributed by atoms with van der Waals surface area (Å²) in [5, 5.41) is 0. The van der Waals surface area contributed by atoms with Gasteiger partial charge in [0, 0.05) is 16.9 Å². The van der Waals surface area contributed by atoms with Crippen molar-refractivity contribution < 1.29 is 9.47 Å². The molecule has 0 bridgehead atoms. The molecule has 4 aliphatic rings. The van der Waals surface area contributed by atoms with Crippen LogP contribution in [0.2, 0.25) is 0 Å². The van der Waals surface area contributed by atoms with Gasteiger partial charge in [0.15, 0.2) is 23.0 Å². The van der Waals surface area contributed by atoms with Crippen molar-refractivity contribution in [2.45, 2.75) is 10.8 Å². The first-order chi connectivity index (χ1) is 35.2. The predicted octanol–water partition coefficient (Wildman–Crippen LogP) is 17.4. The highest BCUT2D eigenvalue weighted by Gasteiger charge is 2.53. The second-order valence-corrected chi connectivity index (χ2v) is 19.0. The van der Waals surface area contributed by atoms with Gasteiger partial charge in [0.1, 0.15) is 0 Å². The van der Waals surface area contributed by atoms with Crippen LogP contribution in [0.1, 0.15) is 44.5 Å². The molecule has 0 fully saturated rings. The van der Waals surface area contributed by atoms with E-state index in [4.69, 9.17) is 9.47 Å². The maximum atomic E-state index is 7.39. The molecule has 0 saturated heterocycles. The molecule has 332 valence electrons. The van der Waals surface area contributed by atoms with Gasteiger partial charge in [-0.15, -0.1) is 0 Å². The topological polar surface area (TPSA) is 21.7 Å². The fourth-order valence-corrected chi connectivity index (χ4v) is 12.8. The lowest BCUT2D eigenvalue weighted by Gasteiger charge is -2.33. The third kappa shape index (κ3) is 5.43. The van der Waals surface area contributed by atoms with Crippen LogP contribution in [0.4, 0.5) is 17.1 Å². The van der Waals surface area contributed by atoms with E-state index in [-0.39, 0.29) is 0 Å². The van der Waals surface area contributed by atoms with Crippen molar-refractivity contribution in [2.75, 3.05) is 4.90 Å². The number of hydrogen-bond acceptors (Lipinski definition) is 3. The highest BCUT2D eigenvalue weighted by atomic mass is 16.6. The number of rotatable bonds is 6. The molecule has 3 nitrogen and oxygen atoms in total. The number of anilines is 3. The second-order valence-electron chi connectivity index (χ2n) is 19.0. The molecule has 0 atom stereocenters. The van der Waals surface area contributed by atoms with Crippen LogP contribution >= 0.6 is 0 Å². The van der Waals surface area contributed by atoms with E-state index < -0.39 is 10.8 Å². The molecule has 1 aliphatic heterocycles. The smallest absolute Gasteiger partial charge is 0.194 e. The van der Waals surface area contributed by atoms with E-state index in [0.29, 0.717) is 17.2 Å². The Bertz CT molecular complexity index is 3850. The summed E-state index contributed by atoms with van der Waals surface area (Å²) in [4.78, 5) is 2.28. The summed E-state index contributed by atoms with van der Waals surface area (Å²) >= 11 is 0. The maximum absolute atomic E-state index is 7.39. The summed E-state index contributed by atoms with van der Waals surface area (Å²) in [6.07, 6.45) is 0. The first kappa shape index (κ1) is 39.8. The van der Waals surface area contributed by atoms with Crippen LogP contribution in [-0.4, -0.2) is 0 Å². The predicted molar refractivity (Wildman–Crippen MR) is 287 cm³/mol. The number of hydrogen-bond donors (Lipinski definition) is 0. The van der Waals surface area contributed by atoms with Crippen molar-refractivity contribution in [3.63, 3.8) is 0 Å². The van der Waals surface area contributed by atoms with E-state index in [1.807, 2.05) is 6.07 Å². The normalized spacial score (nSPS) is 14.1. The van der Waals surface area contributed by atoms with Crippen molar-refractivity contribution in [2.24, 2.45) is 0 Å². The van der Waals surface area contributed by atoms with E-state index in [0.717, 1.165) is 45.1 Å². The van der Waals surface area contributed by atoms with Crippen LogP contribution in [-0.2, 0) is 10.8 Å². The highest BCUT2D eigenvalue weighted by Crippen LogP contribution is 2.67. The Morgan fingerprint density at radius 2 is 0.746 bits per heavy atom. The van der Waals surface area contributed by atoms with E-state index in [1.54, 1.807) is 0 Å². The van der Waals surface area contributed by atoms with Gasteiger partial charge in [0.2, 0.25) is 0 Å². The Morgan fingerprint density at radius 3 is 1.38 bits per heavy atom. The summed E-state index contributed by atoms with van der Waals surface area (Å²) < 4.78 is 14.3. The zero-order valence-electron chi connectivity index (χ0n) is 38.6. The molecule has 0 N–H and O–H groups in total. The van der Waals surface area contributed by atoms with Gasteiger partial charge in [-0.3, -0.25) is 0 Å². The van der Waals surface area contributed by atoms with Gasteiger partial charge < -0.3 is 14.4 Å². The molecule has 0 amide bonds. The van der Waals surface area contributed by atoms with Gasteiger partial charge in [-0.2, -0.15) is 0 Å². The molecular weight excluding hydrogens is 863 g/mol. The molecule has 11 aromatic carbocycles. The summed E-state index contributed by atoms with van der Waals surface area (Å²) in [6, 6.07) is 94.7. The molecule has 11 aromatic rings. The Hall–Kier alpha value is -9.18. The van der Waals surface area contributed by atoms with Crippen molar-refractivity contribution >= 4 is 17.1 Å². The summed E-state index contributed by atoms with van der Waals surface area (Å²) in [5.41, 5.74) is 21.7. The number of fused-ring (bicyclic) bond motifs is 16. The van der Waals surface area contributed by atoms with Crippen LogP contribution in [0.3, 0.4) is 0 Å².